The predicted molar refractivity (Wildman–Crippen MR) is 137 cm³/mol. The highest BCUT2D eigenvalue weighted by Gasteiger charge is 2.25. The fourth-order valence-electron chi connectivity index (χ4n) is 5.11. The summed E-state index contributed by atoms with van der Waals surface area (Å²) in [6, 6.07) is 4.93. The van der Waals surface area contributed by atoms with Crippen molar-refractivity contribution in [1.82, 2.24) is 5.32 Å². The Labute approximate surface area is 210 Å². The Bertz CT molecular complexity index is 864. The lowest BCUT2D eigenvalue weighted by atomic mass is 9.81. The number of carbonyl (C=O) groups excluding carboxylic acids is 3. The topological polar surface area (TPSA) is 81.7 Å². The highest BCUT2D eigenvalue weighted by molar-refractivity contribution is 5.98. The number of esters is 2. The van der Waals surface area contributed by atoms with Crippen LogP contribution in [0.5, 0.6) is 11.5 Å². The van der Waals surface area contributed by atoms with E-state index in [1.165, 1.54) is 6.07 Å². The molecule has 0 amide bonds. The summed E-state index contributed by atoms with van der Waals surface area (Å²) in [6.07, 6.45) is 9.37. The van der Waals surface area contributed by atoms with Crippen molar-refractivity contribution in [2.24, 2.45) is 23.7 Å². The van der Waals surface area contributed by atoms with Gasteiger partial charge in [0.1, 0.15) is 0 Å². The van der Waals surface area contributed by atoms with E-state index in [1.807, 2.05) is 13.8 Å². The van der Waals surface area contributed by atoms with Crippen molar-refractivity contribution >= 4 is 17.7 Å². The van der Waals surface area contributed by atoms with Gasteiger partial charge in [0.25, 0.3) is 0 Å². The van der Waals surface area contributed by atoms with Crippen molar-refractivity contribution in [3.05, 3.63) is 23.8 Å². The molecular formula is C29H43NO5. The number of hydrogen-bond donors (Lipinski definition) is 1. The molecule has 2 aliphatic rings. The molecule has 194 valence electrons. The maximum Gasteiger partial charge on any atom is 0.311 e. The van der Waals surface area contributed by atoms with E-state index < -0.39 is 0 Å². The van der Waals surface area contributed by atoms with Crippen molar-refractivity contribution in [2.75, 3.05) is 6.54 Å². The van der Waals surface area contributed by atoms with Gasteiger partial charge >= 0.3 is 11.9 Å². The quantitative estimate of drug-likeness (QED) is 0.245. The van der Waals surface area contributed by atoms with Crippen LogP contribution in [0.25, 0.3) is 0 Å². The molecule has 0 radical (unpaired) electrons. The summed E-state index contributed by atoms with van der Waals surface area (Å²) < 4.78 is 11.4. The SMILES string of the molecule is CC1CCC(CC(=O)Oc2ccc(C(=O)CNC(C)C)cc2OC(=O)CC2CCC(C)CC2)CC1. The van der Waals surface area contributed by atoms with E-state index in [4.69, 9.17) is 9.47 Å². The minimum atomic E-state index is -0.340. The van der Waals surface area contributed by atoms with E-state index in [0.29, 0.717) is 36.2 Å². The molecule has 6 nitrogen and oxygen atoms in total. The largest absolute Gasteiger partial charge is 0.423 e. The monoisotopic (exact) mass is 485 g/mol. The third kappa shape index (κ3) is 9.06. The molecule has 0 atom stereocenters. The number of ketones is 1. The van der Waals surface area contributed by atoms with Crippen LogP contribution in [0.1, 0.15) is 102 Å². The summed E-state index contributed by atoms with van der Waals surface area (Å²) in [5, 5.41) is 3.11. The average Bonchev–Trinajstić information content (AvgIpc) is 2.81. The number of Topliss-reactive ketones (excluding diaryl/α,β-unsaturated/α-hetero) is 1. The zero-order chi connectivity index (χ0) is 25.4. The van der Waals surface area contributed by atoms with Crippen LogP contribution < -0.4 is 14.8 Å². The van der Waals surface area contributed by atoms with E-state index in [-0.39, 0.29) is 41.8 Å². The average molecular weight is 486 g/mol. The first-order chi connectivity index (χ1) is 16.7. The molecule has 6 heteroatoms. The van der Waals surface area contributed by atoms with Gasteiger partial charge < -0.3 is 14.8 Å². The molecule has 2 aliphatic carbocycles. The van der Waals surface area contributed by atoms with Crippen molar-refractivity contribution < 1.29 is 23.9 Å². The minimum Gasteiger partial charge on any atom is -0.423 e. The smallest absolute Gasteiger partial charge is 0.311 e. The molecule has 0 heterocycles. The Morgan fingerprint density at radius 3 is 1.77 bits per heavy atom. The summed E-state index contributed by atoms with van der Waals surface area (Å²) in [7, 11) is 0. The maximum atomic E-state index is 12.8. The van der Waals surface area contributed by atoms with Crippen LogP contribution in [0, 0.1) is 23.7 Å². The number of benzene rings is 1. The van der Waals surface area contributed by atoms with Gasteiger partial charge in [0.05, 0.1) is 6.54 Å². The molecule has 0 aliphatic heterocycles. The van der Waals surface area contributed by atoms with Crippen LogP contribution in [-0.4, -0.2) is 30.3 Å². The van der Waals surface area contributed by atoms with Crippen LogP contribution in [0.2, 0.25) is 0 Å². The Kier molecular flexibility index (Phi) is 10.3. The lowest BCUT2D eigenvalue weighted by Gasteiger charge is -2.25. The summed E-state index contributed by atoms with van der Waals surface area (Å²) in [5.74, 6) is 1.68. The Balaban J connectivity index is 1.68. The molecule has 0 unspecified atom stereocenters. The van der Waals surface area contributed by atoms with Gasteiger partial charge in [-0.15, -0.1) is 0 Å². The fourth-order valence-corrected chi connectivity index (χ4v) is 5.11. The van der Waals surface area contributed by atoms with E-state index in [1.54, 1.807) is 12.1 Å². The standard InChI is InChI=1S/C29H43NO5/c1-19(2)30-18-25(31)24-13-14-26(34-28(32)15-22-9-5-20(3)6-10-22)27(17-24)35-29(33)16-23-11-7-21(4)8-12-23/h13-14,17,19-23,30H,5-12,15-16,18H2,1-4H3. The van der Waals surface area contributed by atoms with Gasteiger partial charge in [-0.25, -0.2) is 0 Å². The lowest BCUT2D eigenvalue weighted by molar-refractivity contribution is -0.138. The minimum absolute atomic E-state index is 0.105. The summed E-state index contributed by atoms with van der Waals surface area (Å²) in [6.45, 7) is 8.64. The van der Waals surface area contributed by atoms with E-state index in [2.05, 4.69) is 19.2 Å². The van der Waals surface area contributed by atoms with E-state index in [0.717, 1.165) is 57.3 Å². The van der Waals surface area contributed by atoms with E-state index >= 15 is 0 Å². The second-order valence-corrected chi connectivity index (χ2v) is 11.2. The lowest BCUT2D eigenvalue weighted by Crippen LogP contribution is -2.29. The van der Waals surface area contributed by atoms with Gasteiger partial charge in [0.15, 0.2) is 17.3 Å². The maximum absolute atomic E-state index is 12.8. The third-order valence-corrected chi connectivity index (χ3v) is 7.57. The number of carbonyl (C=O) groups is 3. The van der Waals surface area contributed by atoms with Gasteiger partial charge in [0.2, 0.25) is 0 Å². The van der Waals surface area contributed by atoms with Crippen LogP contribution in [-0.2, 0) is 9.59 Å². The fraction of sp³-hybridized carbons (Fsp3) is 0.690. The van der Waals surface area contributed by atoms with Gasteiger partial charge in [-0.05, 0) is 67.6 Å². The first kappa shape index (κ1) is 27.4. The van der Waals surface area contributed by atoms with Gasteiger partial charge in [0, 0.05) is 24.4 Å². The number of rotatable bonds is 10. The van der Waals surface area contributed by atoms with Crippen molar-refractivity contribution in [3.8, 4) is 11.5 Å². The first-order valence-corrected chi connectivity index (χ1v) is 13.5. The van der Waals surface area contributed by atoms with Gasteiger partial charge in [-0.2, -0.15) is 0 Å². The normalized spacial score (nSPS) is 24.7. The van der Waals surface area contributed by atoms with Crippen LogP contribution >= 0.6 is 0 Å². The predicted octanol–water partition coefficient (Wildman–Crippen LogP) is 6.11. The molecule has 35 heavy (non-hydrogen) atoms. The van der Waals surface area contributed by atoms with Crippen LogP contribution in [0.15, 0.2) is 18.2 Å². The highest BCUT2D eigenvalue weighted by atomic mass is 16.6. The molecular weight excluding hydrogens is 442 g/mol. The molecule has 1 aromatic rings. The first-order valence-electron chi connectivity index (χ1n) is 13.5. The van der Waals surface area contributed by atoms with Crippen LogP contribution in [0.4, 0.5) is 0 Å². The molecule has 3 rings (SSSR count). The molecule has 0 spiro atoms. The van der Waals surface area contributed by atoms with Crippen molar-refractivity contribution in [1.29, 1.82) is 0 Å². The number of hydrogen-bond acceptors (Lipinski definition) is 6. The summed E-state index contributed by atoms with van der Waals surface area (Å²) in [5.41, 5.74) is 0.425. The molecule has 2 fully saturated rings. The van der Waals surface area contributed by atoms with Gasteiger partial charge in [-0.3, -0.25) is 14.4 Å². The number of ether oxygens (including phenoxy) is 2. The molecule has 1 aromatic carbocycles. The highest BCUT2D eigenvalue weighted by Crippen LogP contribution is 2.34. The summed E-state index contributed by atoms with van der Waals surface area (Å²) >= 11 is 0. The van der Waals surface area contributed by atoms with Crippen LogP contribution in [0.3, 0.4) is 0 Å². The summed E-state index contributed by atoms with van der Waals surface area (Å²) in [4.78, 5) is 38.1. The molecule has 1 N–H and O–H groups in total. The third-order valence-electron chi connectivity index (χ3n) is 7.57. The zero-order valence-corrected chi connectivity index (χ0v) is 21.9. The second-order valence-electron chi connectivity index (χ2n) is 11.2. The molecule has 2 saturated carbocycles. The van der Waals surface area contributed by atoms with E-state index in [9.17, 15) is 14.4 Å². The Morgan fingerprint density at radius 1 is 0.800 bits per heavy atom. The van der Waals surface area contributed by atoms with Gasteiger partial charge in [-0.1, -0.05) is 53.4 Å². The second kappa shape index (κ2) is 13.2. The molecule has 0 saturated heterocycles. The van der Waals surface area contributed by atoms with Crippen molar-refractivity contribution in [3.63, 3.8) is 0 Å². The Hall–Kier alpha value is -2.21. The Morgan fingerprint density at radius 2 is 1.29 bits per heavy atom. The molecule has 0 aromatic heterocycles. The molecule has 0 bridgehead atoms. The van der Waals surface area contributed by atoms with Crippen molar-refractivity contribution in [2.45, 2.75) is 97.9 Å². The zero-order valence-electron chi connectivity index (χ0n) is 21.9. The number of nitrogens with one attached hydrogen (secondary N) is 1.